The summed E-state index contributed by atoms with van der Waals surface area (Å²) in [5.41, 5.74) is 3.12. The molecule has 0 amide bonds. The lowest BCUT2D eigenvalue weighted by Crippen LogP contribution is -2.26. The second-order valence-corrected chi connectivity index (χ2v) is 6.65. The molecule has 2 heterocycles. The number of benzene rings is 1. The van der Waals surface area contributed by atoms with Crippen molar-refractivity contribution in [1.29, 1.82) is 5.26 Å². The van der Waals surface area contributed by atoms with E-state index in [4.69, 9.17) is 0 Å². The lowest BCUT2D eigenvalue weighted by molar-refractivity contribution is 0.325. The highest BCUT2D eigenvalue weighted by molar-refractivity contribution is 5.94. The monoisotopic (exact) mass is 279 g/mol. The molecular weight excluding hydrogens is 258 g/mol. The van der Waals surface area contributed by atoms with Crippen LogP contribution in [0.2, 0.25) is 0 Å². The summed E-state index contributed by atoms with van der Waals surface area (Å²) in [4.78, 5) is 6.80. The molecule has 3 rings (SSSR count). The molecule has 0 aliphatic carbocycles. The molecular formula is C18H21N3. The number of rotatable bonds is 1. The van der Waals surface area contributed by atoms with Crippen LogP contribution in [0.15, 0.2) is 30.5 Å². The van der Waals surface area contributed by atoms with Gasteiger partial charge >= 0.3 is 0 Å². The Bertz CT molecular complexity index is 697. The summed E-state index contributed by atoms with van der Waals surface area (Å²) in [6.07, 6.45) is 5.30. The molecule has 0 atom stereocenters. The van der Waals surface area contributed by atoms with E-state index in [1.807, 2.05) is 18.2 Å². The third-order valence-electron chi connectivity index (χ3n) is 4.52. The van der Waals surface area contributed by atoms with E-state index in [-0.39, 0.29) is 0 Å². The Balaban J connectivity index is 2.08. The van der Waals surface area contributed by atoms with Gasteiger partial charge in [-0.2, -0.15) is 5.26 Å². The van der Waals surface area contributed by atoms with E-state index in [0.717, 1.165) is 36.1 Å². The van der Waals surface area contributed by atoms with Crippen LogP contribution in [0, 0.1) is 16.7 Å². The Labute approximate surface area is 126 Å². The normalized spacial score (nSPS) is 18.2. The molecule has 1 aromatic heterocycles. The van der Waals surface area contributed by atoms with Gasteiger partial charge < -0.3 is 4.90 Å². The third-order valence-corrected chi connectivity index (χ3v) is 4.52. The van der Waals surface area contributed by atoms with Gasteiger partial charge in [-0.05, 0) is 30.7 Å². The van der Waals surface area contributed by atoms with Crippen molar-refractivity contribution in [2.75, 3.05) is 18.0 Å². The maximum atomic E-state index is 9.46. The summed E-state index contributed by atoms with van der Waals surface area (Å²) < 4.78 is 0. The zero-order valence-corrected chi connectivity index (χ0v) is 12.8. The topological polar surface area (TPSA) is 39.9 Å². The van der Waals surface area contributed by atoms with Crippen molar-refractivity contribution < 1.29 is 0 Å². The van der Waals surface area contributed by atoms with E-state index >= 15 is 0 Å². The van der Waals surface area contributed by atoms with Crippen molar-refractivity contribution in [2.24, 2.45) is 5.41 Å². The number of fused-ring (bicyclic) bond motifs is 1. The molecule has 108 valence electrons. The third kappa shape index (κ3) is 2.71. The molecule has 0 spiro atoms. The zero-order chi connectivity index (χ0) is 14.9. The fourth-order valence-corrected chi connectivity index (χ4v) is 3.20. The first-order valence-electron chi connectivity index (χ1n) is 7.63. The molecule has 0 radical (unpaired) electrons. The molecule has 3 heteroatoms. The van der Waals surface area contributed by atoms with Gasteiger partial charge in [0.05, 0.1) is 16.8 Å². The molecule has 1 saturated heterocycles. The predicted molar refractivity (Wildman–Crippen MR) is 86.3 cm³/mol. The molecule has 1 aromatic carbocycles. The van der Waals surface area contributed by atoms with Crippen LogP contribution in [-0.4, -0.2) is 18.1 Å². The van der Waals surface area contributed by atoms with Gasteiger partial charge in [-0.1, -0.05) is 32.0 Å². The van der Waals surface area contributed by atoms with E-state index in [1.54, 1.807) is 6.20 Å². The van der Waals surface area contributed by atoms with E-state index < -0.39 is 0 Å². The molecule has 0 bridgehead atoms. The molecule has 1 aliphatic heterocycles. The van der Waals surface area contributed by atoms with Crippen molar-refractivity contribution in [3.63, 3.8) is 0 Å². The van der Waals surface area contributed by atoms with Crippen molar-refractivity contribution in [2.45, 2.75) is 33.1 Å². The van der Waals surface area contributed by atoms with Gasteiger partial charge in [-0.25, -0.2) is 0 Å². The first-order chi connectivity index (χ1) is 10.1. The maximum absolute atomic E-state index is 9.46. The van der Waals surface area contributed by atoms with Crippen LogP contribution in [0.5, 0.6) is 0 Å². The van der Waals surface area contributed by atoms with Gasteiger partial charge in [-0.15, -0.1) is 0 Å². The van der Waals surface area contributed by atoms with Gasteiger partial charge in [-0.3, -0.25) is 4.98 Å². The highest BCUT2D eigenvalue weighted by atomic mass is 15.1. The SMILES string of the molecule is CC1(C)CCCN(c2c(C#N)cnc3ccccc23)CC1. The second kappa shape index (κ2) is 5.37. The minimum absolute atomic E-state index is 0.393. The van der Waals surface area contributed by atoms with Crippen LogP contribution in [0.3, 0.4) is 0 Å². The first-order valence-corrected chi connectivity index (χ1v) is 7.63. The molecule has 0 unspecified atom stereocenters. The highest BCUT2D eigenvalue weighted by Gasteiger charge is 2.25. The van der Waals surface area contributed by atoms with E-state index in [1.165, 1.54) is 12.8 Å². The standard InChI is InChI=1S/C18H21N3/c1-18(2)8-5-10-21(11-9-18)17-14(12-19)13-20-16-7-4-3-6-15(16)17/h3-4,6-7,13H,5,8-11H2,1-2H3. The zero-order valence-electron chi connectivity index (χ0n) is 12.8. The minimum atomic E-state index is 0.393. The Morgan fingerprint density at radius 1 is 1.19 bits per heavy atom. The smallest absolute Gasteiger partial charge is 0.103 e. The summed E-state index contributed by atoms with van der Waals surface area (Å²) in [6.45, 7) is 6.71. The number of pyridine rings is 1. The van der Waals surface area contributed by atoms with Gasteiger partial charge in [0, 0.05) is 24.7 Å². The average Bonchev–Trinajstić information content (AvgIpc) is 2.67. The molecule has 1 aliphatic rings. The van der Waals surface area contributed by atoms with Gasteiger partial charge in [0.15, 0.2) is 0 Å². The number of aromatic nitrogens is 1. The van der Waals surface area contributed by atoms with Gasteiger partial charge in [0.25, 0.3) is 0 Å². The van der Waals surface area contributed by atoms with Crippen molar-refractivity contribution in [3.05, 3.63) is 36.0 Å². The van der Waals surface area contributed by atoms with E-state index in [0.29, 0.717) is 11.0 Å². The molecule has 3 nitrogen and oxygen atoms in total. The van der Waals surface area contributed by atoms with Crippen LogP contribution in [0.25, 0.3) is 10.9 Å². The average molecular weight is 279 g/mol. The number of hydrogen-bond acceptors (Lipinski definition) is 3. The maximum Gasteiger partial charge on any atom is 0.103 e. The molecule has 0 saturated carbocycles. The van der Waals surface area contributed by atoms with Crippen molar-refractivity contribution in [3.8, 4) is 6.07 Å². The van der Waals surface area contributed by atoms with Crippen LogP contribution >= 0.6 is 0 Å². The highest BCUT2D eigenvalue weighted by Crippen LogP contribution is 2.35. The molecule has 21 heavy (non-hydrogen) atoms. The molecule has 2 aromatic rings. The van der Waals surface area contributed by atoms with Crippen LogP contribution in [-0.2, 0) is 0 Å². The van der Waals surface area contributed by atoms with Crippen LogP contribution in [0.4, 0.5) is 5.69 Å². The van der Waals surface area contributed by atoms with Gasteiger partial charge in [0.2, 0.25) is 0 Å². The first kappa shape index (κ1) is 13.9. The van der Waals surface area contributed by atoms with E-state index in [2.05, 4.69) is 35.9 Å². The Kier molecular flexibility index (Phi) is 3.55. The summed E-state index contributed by atoms with van der Waals surface area (Å²) >= 11 is 0. The Morgan fingerprint density at radius 2 is 2.00 bits per heavy atom. The quantitative estimate of drug-likeness (QED) is 0.788. The number of hydrogen-bond donors (Lipinski definition) is 0. The molecule has 1 fully saturated rings. The lowest BCUT2D eigenvalue weighted by Gasteiger charge is -2.26. The molecule has 0 N–H and O–H groups in total. The van der Waals surface area contributed by atoms with Crippen LogP contribution < -0.4 is 4.90 Å². The summed E-state index contributed by atoms with van der Waals surface area (Å²) in [6, 6.07) is 10.4. The minimum Gasteiger partial charge on any atom is -0.370 e. The largest absolute Gasteiger partial charge is 0.370 e. The van der Waals surface area contributed by atoms with E-state index in [9.17, 15) is 5.26 Å². The summed E-state index contributed by atoms with van der Waals surface area (Å²) in [5.74, 6) is 0. The number of nitrogens with zero attached hydrogens (tertiary/aromatic N) is 3. The summed E-state index contributed by atoms with van der Waals surface area (Å²) in [7, 11) is 0. The lowest BCUT2D eigenvalue weighted by atomic mass is 9.85. The van der Waals surface area contributed by atoms with Crippen molar-refractivity contribution in [1.82, 2.24) is 4.98 Å². The van der Waals surface area contributed by atoms with Crippen molar-refractivity contribution >= 4 is 16.6 Å². The number of anilines is 1. The Hall–Kier alpha value is -2.08. The fraction of sp³-hybridized carbons (Fsp3) is 0.444. The van der Waals surface area contributed by atoms with Crippen LogP contribution in [0.1, 0.15) is 38.7 Å². The number of para-hydroxylation sites is 1. The van der Waals surface area contributed by atoms with Gasteiger partial charge in [0.1, 0.15) is 6.07 Å². The Morgan fingerprint density at radius 3 is 2.81 bits per heavy atom. The summed E-state index contributed by atoms with van der Waals surface area (Å²) in [5, 5.41) is 10.6. The second-order valence-electron chi connectivity index (χ2n) is 6.65. The predicted octanol–water partition coefficient (Wildman–Crippen LogP) is 4.12. The fourth-order valence-electron chi connectivity index (χ4n) is 3.20. The number of nitriles is 1.